The van der Waals surface area contributed by atoms with E-state index in [1.165, 1.54) is 11.1 Å². The molecule has 208 valence electrons. The minimum atomic E-state index is -0.633. The van der Waals surface area contributed by atoms with Gasteiger partial charge in [0.25, 0.3) is 5.56 Å². The maximum atomic E-state index is 13.2. The van der Waals surface area contributed by atoms with Crippen molar-refractivity contribution in [3.05, 3.63) is 94.5 Å². The number of hydrogen-bond acceptors (Lipinski definition) is 7. The number of carbonyl (C=O) groups excluding carboxylic acids is 1. The normalized spacial score (nSPS) is 16.7. The summed E-state index contributed by atoms with van der Waals surface area (Å²) >= 11 is 0. The predicted octanol–water partition coefficient (Wildman–Crippen LogP) is 4.03. The van der Waals surface area contributed by atoms with Crippen LogP contribution in [0.2, 0.25) is 0 Å². The number of nitrogens with zero attached hydrogens (tertiary/aromatic N) is 4. The van der Waals surface area contributed by atoms with Crippen molar-refractivity contribution in [2.75, 3.05) is 24.2 Å². The first-order chi connectivity index (χ1) is 19.2. The molecule has 0 bridgehead atoms. The van der Waals surface area contributed by atoms with Gasteiger partial charge in [-0.2, -0.15) is 0 Å². The van der Waals surface area contributed by atoms with Gasteiger partial charge in [-0.05, 0) is 56.3 Å². The van der Waals surface area contributed by atoms with Gasteiger partial charge in [-0.3, -0.25) is 14.8 Å². The molecular formula is C29H32N6O5. The van der Waals surface area contributed by atoms with Crippen LogP contribution in [-0.4, -0.2) is 56.3 Å². The standard InChI is InChI=1S/C29H32N6O5/c1-18(36)17-33(3)29(38)32-24-16-23(14-15-30-24)39-22-12-10-20(11-13-22)31-27-26(40-27)25-19(2)34(4)35(28(25)37)21-8-6-5-7-9-21/h5-16,18,26-27,31,36H,17H2,1-4H3,(H,30,32,38). The first-order valence-electron chi connectivity index (χ1n) is 12.9. The average molecular weight is 545 g/mol. The number of para-hydroxylation sites is 1. The zero-order chi connectivity index (χ0) is 28.4. The third-order valence-corrected chi connectivity index (χ3v) is 6.62. The van der Waals surface area contributed by atoms with E-state index in [1.54, 1.807) is 30.8 Å². The molecule has 0 saturated carbocycles. The van der Waals surface area contributed by atoms with Gasteiger partial charge in [-0.1, -0.05) is 18.2 Å². The summed E-state index contributed by atoms with van der Waals surface area (Å²) in [6, 6.07) is 19.8. The van der Waals surface area contributed by atoms with Gasteiger partial charge in [0.2, 0.25) is 0 Å². The predicted molar refractivity (Wildman–Crippen MR) is 151 cm³/mol. The highest BCUT2D eigenvalue weighted by Crippen LogP contribution is 2.39. The lowest BCUT2D eigenvalue weighted by molar-refractivity contribution is 0.149. The number of ether oxygens (including phenoxy) is 2. The van der Waals surface area contributed by atoms with Crippen molar-refractivity contribution in [2.45, 2.75) is 32.3 Å². The fourth-order valence-electron chi connectivity index (χ4n) is 4.51. The summed E-state index contributed by atoms with van der Waals surface area (Å²) in [7, 11) is 3.46. The number of carbonyl (C=O) groups is 1. The number of benzene rings is 2. The largest absolute Gasteiger partial charge is 0.457 e. The van der Waals surface area contributed by atoms with Crippen molar-refractivity contribution in [2.24, 2.45) is 7.05 Å². The summed E-state index contributed by atoms with van der Waals surface area (Å²) in [5.74, 6) is 1.43. The molecule has 3 atom stereocenters. The van der Waals surface area contributed by atoms with Crippen molar-refractivity contribution in [3.8, 4) is 17.2 Å². The van der Waals surface area contributed by atoms with Crippen LogP contribution in [0.5, 0.6) is 11.5 Å². The molecule has 2 aromatic heterocycles. The molecule has 11 nitrogen and oxygen atoms in total. The van der Waals surface area contributed by atoms with Gasteiger partial charge in [0.15, 0.2) is 6.23 Å². The molecule has 5 rings (SSSR count). The van der Waals surface area contributed by atoms with Crippen molar-refractivity contribution >= 4 is 17.5 Å². The topological polar surface area (TPSA) is 126 Å². The van der Waals surface area contributed by atoms with Crippen LogP contribution in [0.25, 0.3) is 5.69 Å². The molecule has 0 aliphatic carbocycles. The van der Waals surface area contributed by atoms with Gasteiger partial charge in [-0.15, -0.1) is 0 Å². The number of nitrogens with one attached hydrogen (secondary N) is 2. The molecule has 1 aliphatic heterocycles. The quantitative estimate of drug-likeness (QED) is 0.272. The Kier molecular flexibility index (Phi) is 7.58. The molecule has 1 saturated heterocycles. The van der Waals surface area contributed by atoms with E-state index in [0.717, 1.165) is 17.1 Å². The number of aliphatic hydroxyl groups excluding tert-OH is 1. The Labute approximate surface area is 231 Å². The summed E-state index contributed by atoms with van der Waals surface area (Å²) < 4.78 is 15.3. The molecule has 40 heavy (non-hydrogen) atoms. The molecule has 2 amide bonds. The molecule has 3 heterocycles. The Balaban J connectivity index is 1.20. The van der Waals surface area contributed by atoms with Gasteiger partial charge in [0.05, 0.1) is 17.4 Å². The molecule has 2 aromatic carbocycles. The van der Waals surface area contributed by atoms with Crippen LogP contribution in [0.4, 0.5) is 16.3 Å². The maximum absolute atomic E-state index is 13.2. The number of aliphatic hydroxyl groups is 1. The summed E-state index contributed by atoms with van der Waals surface area (Å²) in [6.45, 7) is 3.73. The van der Waals surface area contributed by atoms with E-state index in [0.29, 0.717) is 22.9 Å². The first kappa shape index (κ1) is 27.0. The van der Waals surface area contributed by atoms with Crippen LogP contribution in [0, 0.1) is 6.92 Å². The molecule has 4 aromatic rings. The Morgan fingerprint density at radius 1 is 1.15 bits per heavy atom. The second kappa shape index (κ2) is 11.2. The maximum Gasteiger partial charge on any atom is 0.322 e. The highest BCUT2D eigenvalue weighted by Gasteiger charge is 2.44. The number of aromatic nitrogens is 3. The smallest absolute Gasteiger partial charge is 0.322 e. The van der Waals surface area contributed by atoms with Crippen LogP contribution in [0.15, 0.2) is 77.7 Å². The van der Waals surface area contributed by atoms with Gasteiger partial charge in [-0.25, -0.2) is 14.5 Å². The van der Waals surface area contributed by atoms with Crippen molar-refractivity contribution in [1.29, 1.82) is 0 Å². The zero-order valence-electron chi connectivity index (χ0n) is 22.7. The Morgan fingerprint density at radius 3 is 2.58 bits per heavy atom. The van der Waals surface area contributed by atoms with Gasteiger partial charge >= 0.3 is 6.03 Å². The molecule has 11 heteroatoms. The molecule has 0 spiro atoms. The van der Waals surface area contributed by atoms with E-state index in [-0.39, 0.29) is 30.5 Å². The van der Waals surface area contributed by atoms with Crippen LogP contribution in [0.1, 0.15) is 24.3 Å². The van der Waals surface area contributed by atoms with E-state index in [4.69, 9.17) is 9.47 Å². The number of hydrogen-bond donors (Lipinski definition) is 3. The van der Waals surface area contributed by atoms with Crippen molar-refractivity contribution in [3.63, 3.8) is 0 Å². The van der Waals surface area contributed by atoms with Crippen LogP contribution >= 0.6 is 0 Å². The average Bonchev–Trinajstić information content (AvgIpc) is 3.63. The molecule has 3 unspecified atom stereocenters. The second-order valence-corrected chi connectivity index (χ2v) is 9.76. The van der Waals surface area contributed by atoms with Crippen LogP contribution in [0.3, 0.4) is 0 Å². The van der Waals surface area contributed by atoms with Crippen LogP contribution in [-0.2, 0) is 11.8 Å². The summed E-state index contributed by atoms with van der Waals surface area (Å²) in [5, 5.41) is 15.5. The summed E-state index contributed by atoms with van der Waals surface area (Å²) in [5.41, 5.74) is 3.03. The Hall–Kier alpha value is -4.61. The molecular weight excluding hydrogens is 512 g/mol. The Bertz CT molecular complexity index is 1550. The second-order valence-electron chi connectivity index (χ2n) is 9.76. The number of pyridine rings is 1. The fraction of sp³-hybridized carbons (Fsp3) is 0.276. The third-order valence-electron chi connectivity index (χ3n) is 6.62. The van der Waals surface area contributed by atoms with Crippen LogP contribution < -0.4 is 20.9 Å². The number of rotatable bonds is 9. The lowest BCUT2D eigenvalue weighted by Crippen LogP contribution is -2.36. The lowest BCUT2D eigenvalue weighted by Gasteiger charge is -2.19. The number of anilines is 2. The van der Waals surface area contributed by atoms with E-state index in [2.05, 4.69) is 15.6 Å². The van der Waals surface area contributed by atoms with Gasteiger partial charge in [0.1, 0.15) is 23.4 Å². The Morgan fingerprint density at radius 2 is 1.88 bits per heavy atom. The zero-order valence-corrected chi connectivity index (χ0v) is 22.7. The summed E-state index contributed by atoms with van der Waals surface area (Å²) in [4.78, 5) is 31.0. The molecule has 1 fully saturated rings. The van der Waals surface area contributed by atoms with E-state index >= 15 is 0 Å². The number of urea groups is 1. The van der Waals surface area contributed by atoms with Crippen molar-refractivity contribution in [1.82, 2.24) is 19.2 Å². The molecule has 1 aliphatic rings. The van der Waals surface area contributed by atoms with E-state index < -0.39 is 6.10 Å². The monoisotopic (exact) mass is 544 g/mol. The van der Waals surface area contributed by atoms with Gasteiger partial charge < -0.3 is 24.8 Å². The lowest BCUT2D eigenvalue weighted by atomic mass is 10.2. The number of amides is 2. The SMILES string of the molecule is Cc1c(C2OC2Nc2ccc(Oc3ccnc(NC(=O)N(C)CC(C)O)c3)cc2)c(=O)n(-c2ccccc2)n1C. The number of epoxide rings is 1. The van der Waals surface area contributed by atoms with E-state index in [9.17, 15) is 14.7 Å². The number of likely N-dealkylation sites (N-methyl/N-ethyl adjacent to an activating group) is 1. The highest BCUT2D eigenvalue weighted by atomic mass is 16.6. The fourth-order valence-corrected chi connectivity index (χ4v) is 4.51. The minimum absolute atomic E-state index is 0.0910. The molecule has 0 radical (unpaired) electrons. The minimum Gasteiger partial charge on any atom is -0.457 e. The van der Waals surface area contributed by atoms with E-state index in [1.807, 2.05) is 73.3 Å². The molecule has 3 N–H and O–H groups in total. The van der Waals surface area contributed by atoms with Gasteiger partial charge in [0, 0.05) is 44.3 Å². The third kappa shape index (κ3) is 5.85. The van der Waals surface area contributed by atoms with Crippen molar-refractivity contribution < 1.29 is 19.4 Å². The highest BCUT2D eigenvalue weighted by molar-refractivity contribution is 5.88. The summed E-state index contributed by atoms with van der Waals surface area (Å²) in [6.07, 6.45) is 0.247. The first-order valence-corrected chi connectivity index (χ1v) is 12.9.